The largest absolute Gasteiger partial charge is 0.480 e. The highest BCUT2D eigenvalue weighted by molar-refractivity contribution is 5.80. The van der Waals surface area contributed by atoms with Gasteiger partial charge in [0.05, 0.1) is 0 Å². The van der Waals surface area contributed by atoms with Crippen LogP contribution in [0, 0.1) is 5.92 Å². The second kappa shape index (κ2) is 7.24. The maximum atomic E-state index is 11.6. The van der Waals surface area contributed by atoms with E-state index in [2.05, 4.69) is 5.32 Å². The third kappa shape index (κ3) is 7.14. The molecule has 1 amide bonds. The molecule has 0 aromatic rings. The molecule has 0 saturated heterocycles. The zero-order valence-electron chi connectivity index (χ0n) is 11.9. The van der Waals surface area contributed by atoms with Crippen molar-refractivity contribution >= 4 is 12.1 Å². The number of nitrogens with one attached hydrogen (secondary N) is 1. The number of carbonyl (C=O) groups is 2. The lowest BCUT2D eigenvalue weighted by Crippen LogP contribution is -2.47. The Hall–Kier alpha value is -1.26. The predicted octanol–water partition coefficient (Wildman–Crippen LogP) is 2.79. The lowest BCUT2D eigenvalue weighted by atomic mass is 9.96. The molecule has 0 radical (unpaired) electrons. The van der Waals surface area contributed by atoms with Crippen LogP contribution in [-0.2, 0) is 9.53 Å². The van der Waals surface area contributed by atoms with Gasteiger partial charge in [0.2, 0.25) is 0 Å². The fraction of sp³-hybridized carbons (Fsp3) is 0.846. The van der Waals surface area contributed by atoms with Crippen LogP contribution < -0.4 is 5.32 Å². The number of alkyl carbamates (subject to hydrolysis) is 1. The molecule has 0 rings (SSSR count). The molecule has 0 aliphatic heterocycles. The van der Waals surface area contributed by atoms with E-state index in [1.807, 2.05) is 13.8 Å². The number of unbranched alkanes of at least 4 members (excludes halogenated alkanes) is 1. The van der Waals surface area contributed by atoms with Crippen molar-refractivity contribution in [3.8, 4) is 0 Å². The first-order valence-electron chi connectivity index (χ1n) is 6.39. The molecular weight excluding hydrogens is 234 g/mol. The summed E-state index contributed by atoms with van der Waals surface area (Å²) in [4.78, 5) is 22.7. The van der Waals surface area contributed by atoms with Gasteiger partial charge in [-0.15, -0.1) is 0 Å². The summed E-state index contributed by atoms with van der Waals surface area (Å²) in [6, 6.07) is -0.897. The van der Waals surface area contributed by atoms with E-state index in [-0.39, 0.29) is 5.92 Å². The van der Waals surface area contributed by atoms with Crippen LogP contribution in [0.3, 0.4) is 0 Å². The molecule has 5 heteroatoms. The van der Waals surface area contributed by atoms with Gasteiger partial charge in [-0.3, -0.25) is 0 Å². The normalized spacial score (nSPS) is 14.7. The average Bonchev–Trinajstić information content (AvgIpc) is 2.19. The maximum Gasteiger partial charge on any atom is 0.408 e. The van der Waals surface area contributed by atoms with Crippen molar-refractivity contribution in [3.63, 3.8) is 0 Å². The van der Waals surface area contributed by atoms with Crippen molar-refractivity contribution in [2.45, 2.75) is 65.5 Å². The van der Waals surface area contributed by atoms with Gasteiger partial charge in [0.1, 0.15) is 11.6 Å². The summed E-state index contributed by atoms with van der Waals surface area (Å²) in [6.45, 7) is 9.09. The molecule has 0 spiro atoms. The average molecular weight is 259 g/mol. The van der Waals surface area contributed by atoms with Crippen molar-refractivity contribution in [3.05, 3.63) is 0 Å². The molecule has 0 heterocycles. The number of carboxylic acid groups (broad SMARTS) is 1. The monoisotopic (exact) mass is 259 g/mol. The van der Waals surface area contributed by atoms with Gasteiger partial charge in [-0.2, -0.15) is 0 Å². The van der Waals surface area contributed by atoms with Crippen LogP contribution in [-0.4, -0.2) is 28.8 Å². The Morgan fingerprint density at radius 3 is 2.28 bits per heavy atom. The van der Waals surface area contributed by atoms with E-state index < -0.39 is 23.7 Å². The molecule has 0 aliphatic rings. The van der Waals surface area contributed by atoms with Crippen LogP contribution in [0.1, 0.15) is 53.9 Å². The molecule has 1 unspecified atom stereocenters. The van der Waals surface area contributed by atoms with Crippen molar-refractivity contribution in [1.29, 1.82) is 0 Å². The standard InChI is InChI=1S/C13H25NO4/c1-6-7-8-9(2)10(11(15)16)14-12(17)18-13(3,4)5/h9-10H,6-8H2,1-5H3,(H,14,17)(H,15,16)/t9?,10-/m0/s1. The van der Waals surface area contributed by atoms with Crippen molar-refractivity contribution in [2.75, 3.05) is 0 Å². The minimum absolute atomic E-state index is 0.116. The molecule has 2 N–H and O–H groups in total. The third-order valence-electron chi connectivity index (χ3n) is 2.52. The summed E-state index contributed by atoms with van der Waals surface area (Å²) < 4.78 is 5.06. The Kier molecular flexibility index (Phi) is 6.73. The van der Waals surface area contributed by atoms with Crippen LogP contribution >= 0.6 is 0 Å². The van der Waals surface area contributed by atoms with Crippen LogP contribution in [0.4, 0.5) is 4.79 Å². The van der Waals surface area contributed by atoms with Crippen LogP contribution in [0.25, 0.3) is 0 Å². The van der Waals surface area contributed by atoms with Crippen LogP contribution in [0.2, 0.25) is 0 Å². The zero-order chi connectivity index (χ0) is 14.3. The molecular formula is C13H25NO4. The number of rotatable bonds is 6. The highest BCUT2D eigenvalue weighted by Crippen LogP contribution is 2.14. The lowest BCUT2D eigenvalue weighted by molar-refractivity contribution is -0.140. The Balaban J connectivity index is 4.44. The Bertz CT molecular complexity index is 283. The molecule has 0 aliphatic carbocycles. The second-order valence-corrected chi connectivity index (χ2v) is 5.58. The van der Waals surface area contributed by atoms with E-state index in [1.54, 1.807) is 20.8 Å². The van der Waals surface area contributed by atoms with E-state index in [1.165, 1.54) is 0 Å². The molecule has 0 fully saturated rings. The zero-order valence-corrected chi connectivity index (χ0v) is 11.9. The van der Waals surface area contributed by atoms with Gasteiger partial charge in [0.25, 0.3) is 0 Å². The summed E-state index contributed by atoms with van der Waals surface area (Å²) in [5.74, 6) is -1.14. The fourth-order valence-electron chi connectivity index (χ4n) is 1.57. The highest BCUT2D eigenvalue weighted by atomic mass is 16.6. The van der Waals surface area contributed by atoms with Gasteiger partial charge in [-0.25, -0.2) is 9.59 Å². The number of aliphatic carboxylic acids is 1. The Morgan fingerprint density at radius 1 is 1.33 bits per heavy atom. The van der Waals surface area contributed by atoms with Gasteiger partial charge >= 0.3 is 12.1 Å². The summed E-state index contributed by atoms with van der Waals surface area (Å²) in [5, 5.41) is 11.5. The minimum atomic E-state index is -1.02. The molecule has 0 aromatic heterocycles. The molecule has 5 nitrogen and oxygen atoms in total. The first-order valence-corrected chi connectivity index (χ1v) is 6.39. The topological polar surface area (TPSA) is 75.6 Å². The van der Waals surface area contributed by atoms with Gasteiger partial charge in [-0.05, 0) is 33.1 Å². The van der Waals surface area contributed by atoms with Crippen molar-refractivity contribution in [1.82, 2.24) is 5.32 Å². The molecule has 18 heavy (non-hydrogen) atoms. The maximum absolute atomic E-state index is 11.6. The smallest absolute Gasteiger partial charge is 0.408 e. The van der Waals surface area contributed by atoms with Gasteiger partial charge in [-0.1, -0.05) is 26.7 Å². The molecule has 106 valence electrons. The molecule has 0 bridgehead atoms. The van der Waals surface area contributed by atoms with E-state index in [0.29, 0.717) is 0 Å². The summed E-state index contributed by atoms with van der Waals surface area (Å²) in [5.41, 5.74) is -0.625. The Labute approximate surface area is 109 Å². The number of amides is 1. The first-order chi connectivity index (χ1) is 8.17. The van der Waals surface area contributed by atoms with E-state index >= 15 is 0 Å². The summed E-state index contributed by atoms with van der Waals surface area (Å²) in [7, 11) is 0. The van der Waals surface area contributed by atoms with E-state index in [4.69, 9.17) is 9.84 Å². The van der Waals surface area contributed by atoms with Gasteiger partial charge in [0, 0.05) is 0 Å². The fourth-order valence-corrected chi connectivity index (χ4v) is 1.57. The lowest BCUT2D eigenvalue weighted by Gasteiger charge is -2.24. The summed E-state index contributed by atoms with van der Waals surface area (Å²) in [6.07, 6.45) is 2.03. The molecule has 0 aromatic carbocycles. The number of hydrogen-bond acceptors (Lipinski definition) is 3. The Morgan fingerprint density at radius 2 is 1.89 bits per heavy atom. The number of hydrogen-bond donors (Lipinski definition) is 2. The van der Waals surface area contributed by atoms with E-state index in [9.17, 15) is 9.59 Å². The highest BCUT2D eigenvalue weighted by Gasteiger charge is 2.28. The van der Waals surface area contributed by atoms with Crippen LogP contribution in [0.5, 0.6) is 0 Å². The quantitative estimate of drug-likeness (QED) is 0.769. The van der Waals surface area contributed by atoms with Gasteiger partial charge < -0.3 is 15.2 Å². The number of carbonyl (C=O) groups excluding carboxylic acids is 1. The van der Waals surface area contributed by atoms with Crippen molar-refractivity contribution < 1.29 is 19.4 Å². The predicted molar refractivity (Wildman–Crippen MR) is 69.5 cm³/mol. The first kappa shape index (κ1) is 16.7. The number of ether oxygens (including phenoxy) is 1. The number of carboxylic acids is 1. The van der Waals surface area contributed by atoms with E-state index in [0.717, 1.165) is 19.3 Å². The van der Waals surface area contributed by atoms with Crippen molar-refractivity contribution in [2.24, 2.45) is 5.92 Å². The molecule has 0 saturated carbocycles. The van der Waals surface area contributed by atoms with Gasteiger partial charge in [0.15, 0.2) is 0 Å². The summed E-state index contributed by atoms with van der Waals surface area (Å²) >= 11 is 0. The second-order valence-electron chi connectivity index (χ2n) is 5.58. The third-order valence-corrected chi connectivity index (χ3v) is 2.52. The SMILES string of the molecule is CCCCC(C)[C@H](NC(=O)OC(C)(C)C)C(=O)O. The minimum Gasteiger partial charge on any atom is -0.480 e. The van der Waals surface area contributed by atoms with Crippen LogP contribution in [0.15, 0.2) is 0 Å². The molecule has 2 atom stereocenters.